The minimum atomic E-state index is -3.72. The summed E-state index contributed by atoms with van der Waals surface area (Å²) < 4.78 is 27.1. The molecule has 0 aliphatic heterocycles. The van der Waals surface area contributed by atoms with Gasteiger partial charge in [0.2, 0.25) is 10.0 Å². The number of benzene rings is 1. The van der Waals surface area contributed by atoms with E-state index >= 15 is 0 Å². The molecule has 0 saturated carbocycles. The number of aromatic nitrogens is 1. The van der Waals surface area contributed by atoms with E-state index in [-0.39, 0.29) is 26.9 Å². The van der Waals surface area contributed by atoms with Gasteiger partial charge in [-0.25, -0.2) is 18.1 Å². The predicted molar refractivity (Wildman–Crippen MR) is 106 cm³/mol. The van der Waals surface area contributed by atoms with E-state index in [0.717, 1.165) is 5.69 Å². The molecule has 2 rings (SSSR count). The first-order valence-electron chi connectivity index (χ1n) is 7.99. The number of carbonyl (C=O) groups excluding carboxylic acids is 1. The lowest BCUT2D eigenvalue weighted by Crippen LogP contribution is -2.30. The van der Waals surface area contributed by atoms with Gasteiger partial charge in [0, 0.05) is 16.8 Å². The molecular weight excluding hydrogens is 394 g/mol. The first-order valence-corrected chi connectivity index (χ1v) is 10.7. The zero-order valence-electron chi connectivity index (χ0n) is 15.3. The lowest BCUT2D eigenvalue weighted by Gasteiger charge is -2.14. The number of rotatable bonds is 5. The Hall–Kier alpha value is -1.48. The number of hydrogen-bond donors (Lipinski definition) is 2. The zero-order valence-corrected chi connectivity index (χ0v) is 17.6. The monoisotopic (exact) mass is 415 g/mol. The zero-order chi connectivity index (χ0) is 19.7. The lowest BCUT2D eigenvalue weighted by atomic mass is 9.93. The van der Waals surface area contributed by atoms with Crippen LogP contribution in [0.5, 0.6) is 0 Å². The number of halogens is 1. The molecule has 0 spiro atoms. The third-order valence-corrected chi connectivity index (χ3v) is 6.12. The molecule has 0 fully saturated rings. The molecule has 0 aliphatic rings. The molecule has 0 atom stereocenters. The molecular formula is C17H22ClN3O3S2. The standard InChI is InChI=1S/C17H22ClN3O3S2/c1-10(2)21-26(23,24)11-6-7-13(18)12(8-11)15(22)20-16-19-14(9-25-16)17(3,4)5/h6-10,21H,1-5H3,(H,19,20,22). The Morgan fingerprint density at radius 1 is 1.27 bits per heavy atom. The van der Waals surface area contributed by atoms with Crippen molar-refractivity contribution in [2.24, 2.45) is 0 Å². The Morgan fingerprint density at radius 2 is 1.92 bits per heavy atom. The molecule has 9 heteroatoms. The number of amides is 1. The first kappa shape index (κ1) is 20.8. The molecule has 0 bridgehead atoms. The molecule has 0 saturated heterocycles. The number of carbonyl (C=O) groups is 1. The van der Waals surface area contributed by atoms with Gasteiger partial charge in [-0.05, 0) is 32.0 Å². The number of nitrogens with one attached hydrogen (secondary N) is 2. The van der Waals surface area contributed by atoms with Crippen LogP contribution in [0.25, 0.3) is 0 Å². The number of thiazole rings is 1. The van der Waals surface area contributed by atoms with E-state index in [2.05, 4.69) is 15.0 Å². The topological polar surface area (TPSA) is 88.2 Å². The van der Waals surface area contributed by atoms with Crippen molar-refractivity contribution in [2.45, 2.75) is 51.0 Å². The average molecular weight is 416 g/mol. The number of nitrogens with zero attached hydrogens (tertiary/aromatic N) is 1. The first-order chi connectivity index (χ1) is 11.9. The van der Waals surface area contributed by atoms with Crippen molar-refractivity contribution in [1.29, 1.82) is 0 Å². The number of hydrogen-bond acceptors (Lipinski definition) is 5. The molecule has 142 valence electrons. The van der Waals surface area contributed by atoms with Crippen molar-refractivity contribution >= 4 is 44.0 Å². The van der Waals surface area contributed by atoms with Crippen molar-refractivity contribution in [2.75, 3.05) is 5.32 Å². The molecule has 2 aromatic rings. The van der Waals surface area contributed by atoms with Crippen molar-refractivity contribution in [3.63, 3.8) is 0 Å². The van der Waals surface area contributed by atoms with Crippen LogP contribution in [0.3, 0.4) is 0 Å². The minimum Gasteiger partial charge on any atom is -0.298 e. The maximum Gasteiger partial charge on any atom is 0.259 e. The summed E-state index contributed by atoms with van der Waals surface area (Å²) >= 11 is 7.40. The van der Waals surface area contributed by atoms with Crippen LogP contribution in [0, 0.1) is 0 Å². The lowest BCUT2D eigenvalue weighted by molar-refractivity contribution is 0.102. The van der Waals surface area contributed by atoms with Crippen LogP contribution in [0.4, 0.5) is 5.13 Å². The maximum atomic E-state index is 12.6. The third-order valence-electron chi connectivity index (χ3n) is 3.38. The van der Waals surface area contributed by atoms with Gasteiger partial charge in [-0.1, -0.05) is 32.4 Å². The van der Waals surface area contributed by atoms with Crippen LogP contribution in [-0.4, -0.2) is 25.4 Å². The highest BCUT2D eigenvalue weighted by Crippen LogP contribution is 2.27. The summed E-state index contributed by atoms with van der Waals surface area (Å²) in [5, 5.41) is 5.16. The van der Waals surface area contributed by atoms with Gasteiger partial charge < -0.3 is 0 Å². The summed E-state index contributed by atoms with van der Waals surface area (Å²) in [4.78, 5) is 16.9. The molecule has 1 amide bonds. The van der Waals surface area contributed by atoms with Crippen LogP contribution < -0.4 is 10.0 Å². The van der Waals surface area contributed by atoms with E-state index in [1.807, 2.05) is 26.2 Å². The maximum absolute atomic E-state index is 12.6. The van der Waals surface area contributed by atoms with Gasteiger partial charge >= 0.3 is 0 Å². The van der Waals surface area contributed by atoms with Gasteiger partial charge in [0.05, 0.1) is 21.2 Å². The molecule has 1 aromatic carbocycles. The highest BCUT2D eigenvalue weighted by atomic mass is 35.5. The summed E-state index contributed by atoms with van der Waals surface area (Å²) in [5.74, 6) is -0.508. The highest BCUT2D eigenvalue weighted by molar-refractivity contribution is 7.89. The Morgan fingerprint density at radius 3 is 2.46 bits per heavy atom. The molecule has 2 N–H and O–H groups in total. The van der Waals surface area contributed by atoms with Crippen LogP contribution in [0.15, 0.2) is 28.5 Å². The van der Waals surface area contributed by atoms with Crippen LogP contribution >= 0.6 is 22.9 Å². The van der Waals surface area contributed by atoms with Crippen LogP contribution in [0.1, 0.15) is 50.7 Å². The molecule has 26 heavy (non-hydrogen) atoms. The number of sulfonamides is 1. The van der Waals surface area contributed by atoms with Gasteiger partial charge in [-0.15, -0.1) is 11.3 Å². The van der Waals surface area contributed by atoms with Gasteiger partial charge in [-0.2, -0.15) is 0 Å². The normalized spacial score (nSPS) is 12.4. The van der Waals surface area contributed by atoms with E-state index in [9.17, 15) is 13.2 Å². The average Bonchev–Trinajstić information content (AvgIpc) is 2.94. The molecule has 1 heterocycles. The van der Waals surface area contributed by atoms with Crippen molar-refractivity contribution in [1.82, 2.24) is 9.71 Å². The minimum absolute atomic E-state index is 0.0183. The predicted octanol–water partition coefficient (Wildman–Crippen LogP) is 4.03. The van der Waals surface area contributed by atoms with Crippen LogP contribution in [0.2, 0.25) is 5.02 Å². The Bertz CT molecular complexity index is 916. The van der Waals surface area contributed by atoms with Crippen LogP contribution in [-0.2, 0) is 15.4 Å². The van der Waals surface area contributed by atoms with Gasteiger partial charge in [0.25, 0.3) is 5.91 Å². The van der Waals surface area contributed by atoms with Gasteiger partial charge in [-0.3, -0.25) is 10.1 Å². The molecule has 6 nitrogen and oxygen atoms in total. The van der Waals surface area contributed by atoms with E-state index in [1.54, 1.807) is 13.8 Å². The molecule has 0 unspecified atom stereocenters. The largest absolute Gasteiger partial charge is 0.298 e. The number of anilines is 1. The summed E-state index contributed by atoms with van der Waals surface area (Å²) in [6, 6.07) is 3.76. The fraction of sp³-hybridized carbons (Fsp3) is 0.412. The van der Waals surface area contributed by atoms with Crippen molar-refractivity contribution in [3.05, 3.63) is 39.9 Å². The second-order valence-electron chi connectivity index (χ2n) is 7.16. The van der Waals surface area contributed by atoms with E-state index < -0.39 is 15.9 Å². The molecule has 1 aromatic heterocycles. The fourth-order valence-corrected chi connectivity index (χ4v) is 4.48. The molecule has 0 aliphatic carbocycles. The summed E-state index contributed by atoms with van der Waals surface area (Å²) in [7, 11) is -3.72. The van der Waals surface area contributed by atoms with Gasteiger partial charge in [0.1, 0.15) is 0 Å². The highest BCUT2D eigenvalue weighted by Gasteiger charge is 2.21. The summed E-state index contributed by atoms with van der Waals surface area (Å²) in [6.45, 7) is 9.52. The fourth-order valence-electron chi connectivity index (χ4n) is 2.06. The SMILES string of the molecule is CC(C)NS(=O)(=O)c1ccc(Cl)c(C(=O)Nc2nc(C(C)(C)C)cs2)c1. The molecule has 0 radical (unpaired) electrons. The smallest absolute Gasteiger partial charge is 0.259 e. The van der Waals surface area contributed by atoms with E-state index in [0.29, 0.717) is 5.13 Å². The quantitative estimate of drug-likeness (QED) is 0.771. The van der Waals surface area contributed by atoms with Crippen molar-refractivity contribution in [3.8, 4) is 0 Å². The van der Waals surface area contributed by atoms with E-state index in [4.69, 9.17) is 11.6 Å². The Balaban J connectivity index is 2.29. The Kier molecular flexibility index (Phi) is 6.12. The summed E-state index contributed by atoms with van der Waals surface area (Å²) in [6.07, 6.45) is 0. The second-order valence-corrected chi connectivity index (χ2v) is 10.1. The second kappa shape index (κ2) is 7.64. The third kappa shape index (κ3) is 5.03. The van der Waals surface area contributed by atoms with E-state index in [1.165, 1.54) is 29.5 Å². The van der Waals surface area contributed by atoms with Crippen molar-refractivity contribution < 1.29 is 13.2 Å². The summed E-state index contributed by atoms with van der Waals surface area (Å²) in [5.41, 5.74) is 0.806. The Labute approximate surface area is 163 Å². The van der Waals surface area contributed by atoms with Gasteiger partial charge in [0.15, 0.2) is 5.13 Å².